The van der Waals surface area contributed by atoms with Crippen LogP contribution in [0, 0.1) is 5.82 Å². The van der Waals surface area contributed by atoms with Gasteiger partial charge in [0.15, 0.2) is 5.82 Å². The highest BCUT2D eigenvalue weighted by atomic mass is 35.5. The normalized spacial score (nSPS) is 13.8. The molecule has 162 valence electrons. The fourth-order valence-corrected chi connectivity index (χ4v) is 3.21. The highest BCUT2D eigenvalue weighted by Crippen LogP contribution is 2.32. The quantitative estimate of drug-likeness (QED) is 0.604. The van der Waals surface area contributed by atoms with Crippen LogP contribution in [0.25, 0.3) is 11.4 Å². The molecule has 0 saturated carbocycles. The van der Waals surface area contributed by atoms with Crippen LogP contribution in [0.1, 0.15) is 22.7 Å². The molecule has 1 N–H and O–H groups in total. The van der Waals surface area contributed by atoms with Crippen LogP contribution < -0.4 is 5.32 Å². The third-order valence-electron chi connectivity index (χ3n) is 4.67. The Bertz CT molecular complexity index is 1160. The van der Waals surface area contributed by atoms with E-state index in [9.17, 15) is 22.4 Å². The lowest BCUT2D eigenvalue weighted by atomic mass is 10.2. The lowest BCUT2D eigenvalue weighted by molar-refractivity contribution is -0.146. The van der Waals surface area contributed by atoms with Crippen molar-refractivity contribution in [1.29, 1.82) is 0 Å². The number of likely N-dealkylation sites (tertiary alicyclic amines) is 1. The zero-order chi connectivity index (χ0) is 22.3. The molecule has 3 aromatic rings. The first-order chi connectivity index (χ1) is 14.6. The lowest BCUT2D eigenvalue weighted by Gasteiger charge is -2.30. The first-order valence-corrected chi connectivity index (χ1v) is 9.36. The second-order valence-electron chi connectivity index (χ2n) is 6.74. The minimum Gasteiger partial charge on any atom is -0.337 e. The van der Waals surface area contributed by atoms with Gasteiger partial charge in [0, 0.05) is 20.1 Å². The van der Waals surface area contributed by atoms with E-state index in [1.54, 1.807) is 4.90 Å². The van der Waals surface area contributed by atoms with E-state index in [4.69, 9.17) is 11.6 Å². The molecule has 0 spiro atoms. The fraction of sp³-hybridized carbons (Fsp3) is 0.278. The molecule has 0 atom stereocenters. The predicted octanol–water partition coefficient (Wildman–Crippen LogP) is 3.67. The molecule has 0 unspecified atom stereocenters. The molecule has 4 heterocycles. The SMILES string of the molecule is Cn1c(-c2nc(Nc3cnc(C(=O)N4CCC4)c(Cl)c3)ncc2F)cnc1C(F)(F)F. The number of pyridine rings is 1. The van der Waals surface area contributed by atoms with Gasteiger partial charge in [-0.15, -0.1) is 0 Å². The number of hydrogen-bond donors (Lipinski definition) is 1. The van der Waals surface area contributed by atoms with Crippen LogP contribution in [0.4, 0.5) is 29.2 Å². The van der Waals surface area contributed by atoms with Crippen LogP contribution in [0.5, 0.6) is 0 Å². The van der Waals surface area contributed by atoms with E-state index in [-0.39, 0.29) is 34.0 Å². The summed E-state index contributed by atoms with van der Waals surface area (Å²) >= 11 is 6.17. The summed E-state index contributed by atoms with van der Waals surface area (Å²) in [5.74, 6) is -2.49. The van der Waals surface area contributed by atoms with Gasteiger partial charge in [-0.05, 0) is 12.5 Å². The molecular formula is C18H14ClF4N7O. The third-order valence-corrected chi connectivity index (χ3v) is 4.96. The average molecular weight is 456 g/mol. The molecule has 3 aromatic heterocycles. The number of hydrogen-bond acceptors (Lipinski definition) is 6. The fourth-order valence-electron chi connectivity index (χ4n) is 2.96. The zero-order valence-corrected chi connectivity index (χ0v) is 16.7. The molecule has 1 amide bonds. The Labute approximate surface area is 177 Å². The van der Waals surface area contributed by atoms with Crippen LogP contribution in [0.15, 0.2) is 24.7 Å². The number of alkyl halides is 3. The van der Waals surface area contributed by atoms with Crippen molar-refractivity contribution in [3.63, 3.8) is 0 Å². The summed E-state index contributed by atoms with van der Waals surface area (Å²) in [4.78, 5) is 29.0. The number of rotatable bonds is 4. The van der Waals surface area contributed by atoms with Crippen molar-refractivity contribution in [3.8, 4) is 11.4 Å². The van der Waals surface area contributed by atoms with Gasteiger partial charge in [0.05, 0.1) is 35.0 Å². The molecule has 0 bridgehead atoms. The molecule has 1 aliphatic heterocycles. The summed E-state index contributed by atoms with van der Waals surface area (Å²) in [7, 11) is 1.11. The summed E-state index contributed by atoms with van der Waals surface area (Å²) < 4.78 is 53.9. The largest absolute Gasteiger partial charge is 0.449 e. The van der Waals surface area contributed by atoms with E-state index in [2.05, 4.69) is 25.3 Å². The van der Waals surface area contributed by atoms with Crippen LogP contribution in [0.2, 0.25) is 5.02 Å². The van der Waals surface area contributed by atoms with Crippen LogP contribution in [-0.4, -0.2) is 48.4 Å². The minimum absolute atomic E-state index is 0.0993. The van der Waals surface area contributed by atoms with E-state index in [0.717, 1.165) is 25.9 Å². The molecule has 1 fully saturated rings. The van der Waals surface area contributed by atoms with Crippen molar-refractivity contribution in [2.45, 2.75) is 12.6 Å². The van der Waals surface area contributed by atoms with Gasteiger partial charge in [0.25, 0.3) is 5.91 Å². The third kappa shape index (κ3) is 4.02. The van der Waals surface area contributed by atoms with Crippen molar-refractivity contribution < 1.29 is 22.4 Å². The number of amides is 1. The van der Waals surface area contributed by atoms with E-state index in [1.807, 2.05) is 0 Å². The Morgan fingerprint density at radius 1 is 1.16 bits per heavy atom. The number of anilines is 2. The first kappa shape index (κ1) is 21.0. The van der Waals surface area contributed by atoms with Gasteiger partial charge in [-0.1, -0.05) is 11.6 Å². The molecule has 0 aliphatic carbocycles. The van der Waals surface area contributed by atoms with Gasteiger partial charge in [-0.25, -0.2) is 24.3 Å². The second kappa shape index (κ2) is 7.76. The Hall–Kier alpha value is -3.28. The number of aromatic nitrogens is 5. The Balaban J connectivity index is 1.60. The van der Waals surface area contributed by atoms with E-state index < -0.39 is 17.8 Å². The zero-order valence-electron chi connectivity index (χ0n) is 15.9. The number of nitrogens with zero attached hydrogens (tertiary/aromatic N) is 6. The number of imidazole rings is 1. The maximum Gasteiger partial charge on any atom is 0.449 e. The van der Waals surface area contributed by atoms with Crippen molar-refractivity contribution in [1.82, 2.24) is 29.4 Å². The number of nitrogens with one attached hydrogen (secondary N) is 1. The summed E-state index contributed by atoms with van der Waals surface area (Å²) in [6, 6.07) is 1.43. The van der Waals surface area contributed by atoms with Crippen LogP contribution >= 0.6 is 11.6 Å². The van der Waals surface area contributed by atoms with Crippen molar-refractivity contribution >= 4 is 29.1 Å². The molecule has 4 rings (SSSR count). The molecule has 0 aromatic carbocycles. The van der Waals surface area contributed by atoms with E-state index in [1.165, 1.54) is 12.3 Å². The second-order valence-corrected chi connectivity index (χ2v) is 7.15. The van der Waals surface area contributed by atoms with Crippen molar-refractivity contribution in [2.24, 2.45) is 7.05 Å². The Kier molecular flexibility index (Phi) is 5.25. The molecule has 1 saturated heterocycles. The van der Waals surface area contributed by atoms with Gasteiger partial charge in [-0.2, -0.15) is 13.2 Å². The topological polar surface area (TPSA) is 88.8 Å². The van der Waals surface area contributed by atoms with Crippen LogP contribution in [0.3, 0.4) is 0 Å². The average Bonchev–Trinajstić information content (AvgIpc) is 3.03. The highest BCUT2D eigenvalue weighted by Gasteiger charge is 2.37. The van der Waals surface area contributed by atoms with E-state index in [0.29, 0.717) is 23.3 Å². The smallest absolute Gasteiger partial charge is 0.337 e. The highest BCUT2D eigenvalue weighted by molar-refractivity contribution is 6.33. The molecule has 1 aliphatic rings. The Morgan fingerprint density at radius 2 is 1.90 bits per heavy atom. The standard InChI is InChI=1S/C18H14ClF4N7O/c1-29-12(8-25-16(29)18(21,22)23)14-11(20)7-26-17(28-14)27-9-5-10(19)13(24-6-9)15(31)30-3-2-4-30/h5-8H,2-4H2,1H3,(H,26,27,28). The van der Waals surface area contributed by atoms with Gasteiger partial charge >= 0.3 is 6.18 Å². The first-order valence-electron chi connectivity index (χ1n) is 8.99. The van der Waals surface area contributed by atoms with Gasteiger partial charge in [0.2, 0.25) is 11.8 Å². The molecule has 31 heavy (non-hydrogen) atoms. The summed E-state index contributed by atoms with van der Waals surface area (Å²) in [6.45, 7) is 1.29. The minimum atomic E-state index is -4.70. The lowest BCUT2D eigenvalue weighted by Crippen LogP contribution is -2.42. The predicted molar refractivity (Wildman–Crippen MR) is 102 cm³/mol. The maximum absolute atomic E-state index is 14.2. The molecule has 13 heteroatoms. The summed E-state index contributed by atoms with van der Waals surface area (Å²) in [5, 5.41) is 2.85. The number of carbonyl (C=O) groups excluding carboxylic acids is 1. The van der Waals surface area contributed by atoms with Gasteiger partial charge in [-0.3, -0.25) is 4.79 Å². The number of carbonyl (C=O) groups is 1. The van der Waals surface area contributed by atoms with Gasteiger partial charge in [0.1, 0.15) is 11.4 Å². The molecular weight excluding hydrogens is 442 g/mol. The van der Waals surface area contributed by atoms with Crippen molar-refractivity contribution in [2.75, 3.05) is 18.4 Å². The Morgan fingerprint density at radius 3 is 2.48 bits per heavy atom. The molecule has 0 radical (unpaired) electrons. The van der Waals surface area contributed by atoms with Crippen LogP contribution in [-0.2, 0) is 13.2 Å². The molecule has 8 nitrogen and oxygen atoms in total. The summed E-state index contributed by atoms with van der Waals surface area (Å²) in [6.07, 6.45) is -0.741. The van der Waals surface area contributed by atoms with Crippen molar-refractivity contribution in [3.05, 3.63) is 47.0 Å². The van der Waals surface area contributed by atoms with E-state index >= 15 is 0 Å². The monoisotopic (exact) mass is 455 g/mol. The summed E-state index contributed by atoms with van der Waals surface area (Å²) in [5.41, 5.74) is -0.139. The number of halogens is 5. The maximum atomic E-state index is 14.2. The van der Waals surface area contributed by atoms with Gasteiger partial charge < -0.3 is 14.8 Å².